The number of nitrogen functional groups attached to an aromatic ring is 1. The fraction of sp³-hybridized carbons (Fsp3) is 0.364. The van der Waals surface area contributed by atoms with Crippen LogP contribution in [-0.2, 0) is 0 Å². The molecule has 0 radical (unpaired) electrons. The highest BCUT2D eigenvalue weighted by Gasteiger charge is 2.43. The van der Waals surface area contributed by atoms with Gasteiger partial charge in [-0.2, -0.15) is 9.97 Å². The Labute approximate surface area is 188 Å². The van der Waals surface area contributed by atoms with Crippen LogP contribution in [0.15, 0.2) is 24.5 Å². The van der Waals surface area contributed by atoms with Crippen molar-refractivity contribution >= 4 is 39.4 Å². The zero-order valence-corrected chi connectivity index (χ0v) is 18.0. The summed E-state index contributed by atoms with van der Waals surface area (Å²) in [5.74, 6) is 1.96. The quantitative estimate of drug-likeness (QED) is 0.369. The van der Waals surface area contributed by atoms with Gasteiger partial charge in [0.2, 0.25) is 5.95 Å². The number of H-pyrrole nitrogens is 1. The zero-order chi connectivity index (χ0) is 22.7. The number of halogens is 1. The molecule has 1 saturated carbocycles. The lowest BCUT2D eigenvalue weighted by molar-refractivity contribution is 0.110. The number of hydrogen-bond donors (Lipinski definition) is 4. The van der Waals surface area contributed by atoms with Gasteiger partial charge >= 0.3 is 6.01 Å². The van der Waals surface area contributed by atoms with Crippen molar-refractivity contribution in [1.29, 1.82) is 0 Å². The number of aromatic amines is 1. The van der Waals surface area contributed by atoms with Gasteiger partial charge in [-0.05, 0) is 36.8 Å². The van der Waals surface area contributed by atoms with Crippen LogP contribution in [0.3, 0.4) is 0 Å². The largest absolute Gasteiger partial charge is 0.421 e. The molecule has 6 rings (SSSR count). The third kappa shape index (κ3) is 3.27. The summed E-state index contributed by atoms with van der Waals surface area (Å²) in [6, 6.07) is 3.31. The Morgan fingerprint density at radius 2 is 2.06 bits per heavy atom. The van der Waals surface area contributed by atoms with Crippen molar-refractivity contribution in [1.82, 2.24) is 24.9 Å². The van der Waals surface area contributed by atoms with E-state index in [0.717, 1.165) is 36.8 Å². The van der Waals surface area contributed by atoms with Gasteiger partial charge in [0.25, 0.3) is 0 Å². The van der Waals surface area contributed by atoms with Crippen LogP contribution < -0.4 is 26.4 Å². The number of fused-ring (bicyclic) bond motifs is 4. The summed E-state index contributed by atoms with van der Waals surface area (Å²) in [6.45, 7) is 1.63. The third-order valence-electron chi connectivity index (χ3n) is 6.84. The van der Waals surface area contributed by atoms with Crippen LogP contribution in [0, 0.1) is 17.7 Å². The molecule has 2 fully saturated rings. The van der Waals surface area contributed by atoms with Gasteiger partial charge in [-0.1, -0.05) is 0 Å². The van der Waals surface area contributed by atoms with Crippen molar-refractivity contribution in [3.05, 3.63) is 30.3 Å². The lowest BCUT2D eigenvalue weighted by Crippen LogP contribution is -2.57. The van der Waals surface area contributed by atoms with Crippen molar-refractivity contribution in [3.63, 3.8) is 0 Å². The Hall–Kier alpha value is -3.73. The van der Waals surface area contributed by atoms with Gasteiger partial charge in [0.15, 0.2) is 5.75 Å². The molecule has 11 heteroatoms. The van der Waals surface area contributed by atoms with Crippen LogP contribution in [0.25, 0.3) is 21.9 Å². The number of rotatable bonds is 4. The number of ether oxygens (including phenoxy) is 1. The number of piperidine rings is 1. The van der Waals surface area contributed by atoms with Crippen LogP contribution >= 0.6 is 0 Å². The maximum absolute atomic E-state index is 14.5. The summed E-state index contributed by atoms with van der Waals surface area (Å²) in [5.41, 5.74) is 13.8. The maximum atomic E-state index is 14.5. The van der Waals surface area contributed by atoms with Crippen molar-refractivity contribution in [2.45, 2.75) is 18.9 Å². The van der Waals surface area contributed by atoms with Gasteiger partial charge in [-0.25, -0.2) is 14.4 Å². The number of aromatic nitrogens is 5. The molecule has 4 aromatic rings. The Bertz CT molecular complexity index is 1360. The summed E-state index contributed by atoms with van der Waals surface area (Å²) in [5, 5.41) is 4.52. The molecule has 10 nitrogen and oxygen atoms in total. The van der Waals surface area contributed by atoms with E-state index < -0.39 is 0 Å². The fourth-order valence-corrected chi connectivity index (χ4v) is 5.11. The average molecular weight is 449 g/mol. The number of nitrogens with one attached hydrogen (secondary N) is 2. The van der Waals surface area contributed by atoms with Gasteiger partial charge in [0.1, 0.15) is 17.3 Å². The normalized spacial score (nSPS) is 22.3. The number of nitrogens with zero attached hydrogens (tertiary/aromatic N) is 5. The van der Waals surface area contributed by atoms with Crippen molar-refractivity contribution < 1.29 is 9.13 Å². The van der Waals surface area contributed by atoms with E-state index >= 15 is 0 Å². The molecule has 1 aliphatic carbocycles. The number of anilines is 3. The van der Waals surface area contributed by atoms with E-state index in [4.69, 9.17) is 21.2 Å². The number of nitrogens with two attached hydrogens (primary N) is 2. The van der Waals surface area contributed by atoms with E-state index in [9.17, 15) is 4.39 Å². The van der Waals surface area contributed by atoms with Crippen molar-refractivity contribution in [2.24, 2.45) is 17.6 Å². The van der Waals surface area contributed by atoms with E-state index in [1.807, 2.05) is 0 Å². The zero-order valence-electron chi connectivity index (χ0n) is 18.0. The van der Waals surface area contributed by atoms with Gasteiger partial charge in [-0.15, -0.1) is 0 Å². The second-order valence-corrected chi connectivity index (χ2v) is 8.74. The van der Waals surface area contributed by atoms with Crippen LogP contribution in [0.2, 0.25) is 0 Å². The first-order valence-electron chi connectivity index (χ1n) is 11.0. The van der Waals surface area contributed by atoms with Crippen LogP contribution in [-0.4, -0.2) is 51.1 Å². The second-order valence-electron chi connectivity index (χ2n) is 8.74. The van der Waals surface area contributed by atoms with Gasteiger partial charge in [0.05, 0.1) is 29.0 Å². The topological polar surface area (TPSA) is 144 Å². The Morgan fingerprint density at radius 1 is 1.24 bits per heavy atom. The van der Waals surface area contributed by atoms with Crippen molar-refractivity contribution in [2.75, 3.05) is 36.1 Å². The summed E-state index contributed by atoms with van der Waals surface area (Å²) < 4.78 is 20.3. The highest BCUT2D eigenvalue weighted by molar-refractivity contribution is 6.14. The first-order chi connectivity index (χ1) is 16.0. The smallest absolute Gasteiger partial charge is 0.326 e. The van der Waals surface area contributed by atoms with E-state index in [0.29, 0.717) is 40.1 Å². The molecule has 3 atom stereocenters. The van der Waals surface area contributed by atoms with Gasteiger partial charge < -0.3 is 31.4 Å². The number of benzene rings is 1. The lowest BCUT2D eigenvalue weighted by Gasteiger charge is -2.50. The molecule has 1 saturated heterocycles. The second kappa shape index (κ2) is 7.41. The standard InChI is InChI=1S/C22H24FN9O/c1-26-16-6-11(23)5-13-17-19(29-18(13)16)30-22(33-12-7-27-21(25)28-8-12)31-20(17)32-3-2-10-4-15(24)14(10)9-32/h5-8,10,14-15,26H,2-4,9,24H2,1H3,(H2,25,27,28)(H,29,30,31). The van der Waals surface area contributed by atoms with Crippen LogP contribution in [0.1, 0.15) is 12.8 Å². The summed E-state index contributed by atoms with van der Waals surface area (Å²) in [7, 11) is 1.75. The molecule has 3 aromatic heterocycles. The van der Waals surface area contributed by atoms with Crippen LogP contribution in [0.5, 0.6) is 11.8 Å². The minimum Gasteiger partial charge on any atom is -0.421 e. The molecule has 33 heavy (non-hydrogen) atoms. The molecule has 0 bridgehead atoms. The summed E-state index contributed by atoms with van der Waals surface area (Å²) in [4.78, 5) is 22.8. The van der Waals surface area contributed by atoms with Crippen LogP contribution in [0.4, 0.5) is 21.8 Å². The molecule has 2 aliphatic rings. The van der Waals surface area contributed by atoms with E-state index in [-0.39, 0.29) is 23.8 Å². The third-order valence-corrected chi connectivity index (χ3v) is 6.84. The predicted octanol–water partition coefficient (Wildman–Crippen LogP) is 2.63. The SMILES string of the molecule is CNc1cc(F)cc2c1[nH]c1nc(Oc3cnc(N)nc3)nc(N3CCC4CC(N)C4C3)c12. The predicted molar refractivity (Wildman–Crippen MR) is 124 cm³/mol. The molecule has 1 aromatic carbocycles. The Morgan fingerprint density at radius 3 is 2.82 bits per heavy atom. The van der Waals surface area contributed by atoms with E-state index in [2.05, 4.69) is 30.2 Å². The average Bonchev–Trinajstić information content (AvgIpc) is 3.17. The summed E-state index contributed by atoms with van der Waals surface area (Å²) in [6.07, 6.45) is 5.06. The Balaban J connectivity index is 1.51. The molecule has 0 spiro atoms. The van der Waals surface area contributed by atoms with E-state index in [1.54, 1.807) is 7.05 Å². The minimum atomic E-state index is -0.335. The maximum Gasteiger partial charge on any atom is 0.326 e. The van der Waals surface area contributed by atoms with Gasteiger partial charge in [-0.3, -0.25) is 0 Å². The molecular weight excluding hydrogens is 425 g/mol. The molecule has 3 unspecified atom stereocenters. The first kappa shape index (κ1) is 19.9. The molecule has 170 valence electrons. The number of hydrogen-bond acceptors (Lipinski definition) is 9. The first-order valence-corrected chi connectivity index (χ1v) is 11.0. The minimum absolute atomic E-state index is 0.143. The highest BCUT2D eigenvalue weighted by atomic mass is 19.1. The Kier molecular flexibility index (Phi) is 4.47. The fourth-order valence-electron chi connectivity index (χ4n) is 5.11. The monoisotopic (exact) mass is 449 g/mol. The molecule has 4 heterocycles. The molecular formula is C22H24FN9O. The summed E-state index contributed by atoms with van der Waals surface area (Å²) >= 11 is 0. The highest BCUT2D eigenvalue weighted by Crippen LogP contribution is 2.43. The molecule has 0 amide bonds. The van der Waals surface area contributed by atoms with E-state index in [1.165, 1.54) is 24.5 Å². The lowest BCUT2D eigenvalue weighted by atomic mass is 9.66. The molecule has 6 N–H and O–H groups in total. The van der Waals surface area contributed by atoms with Gasteiger partial charge in [0, 0.05) is 31.6 Å². The molecule has 1 aliphatic heterocycles. The van der Waals surface area contributed by atoms with Crippen molar-refractivity contribution in [3.8, 4) is 11.8 Å².